The molecule has 2 N–H and O–H groups in total. The highest BCUT2D eigenvalue weighted by molar-refractivity contribution is 6.30. The van der Waals surface area contributed by atoms with Gasteiger partial charge in [-0.1, -0.05) is 23.7 Å². The molecule has 4 nitrogen and oxygen atoms in total. The highest BCUT2D eigenvalue weighted by atomic mass is 35.5. The van der Waals surface area contributed by atoms with Crippen molar-refractivity contribution in [2.45, 2.75) is 25.7 Å². The largest absolute Gasteiger partial charge is 0.381 e. The van der Waals surface area contributed by atoms with Crippen LogP contribution in [0.4, 0.5) is 0 Å². The van der Waals surface area contributed by atoms with Crippen LogP contribution in [0.5, 0.6) is 0 Å². The van der Waals surface area contributed by atoms with E-state index in [0.717, 1.165) is 56.0 Å². The van der Waals surface area contributed by atoms with E-state index in [1.54, 1.807) is 7.05 Å². The summed E-state index contributed by atoms with van der Waals surface area (Å²) in [7, 11) is 1.79. The molecule has 0 unspecified atom stereocenters. The summed E-state index contributed by atoms with van der Waals surface area (Å²) in [5.74, 6) is 1.69. The normalized spacial score (nSPS) is 14.9. The van der Waals surface area contributed by atoms with Crippen molar-refractivity contribution < 1.29 is 4.74 Å². The Morgan fingerprint density at radius 1 is 1.23 bits per heavy atom. The summed E-state index contributed by atoms with van der Waals surface area (Å²) in [6.07, 6.45) is 4.65. The van der Waals surface area contributed by atoms with E-state index in [4.69, 9.17) is 16.3 Å². The lowest BCUT2D eigenvalue weighted by molar-refractivity contribution is 0.123. The standard InChI is InChI=1S/C17H26ClN3O/c1-19-17(20-10-2-12-22-13-15-3-4-15)21-11-9-14-5-7-16(18)8-6-14/h5-8,15H,2-4,9-13H2,1H3,(H2,19,20,21). The van der Waals surface area contributed by atoms with Crippen molar-refractivity contribution >= 4 is 17.6 Å². The summed E-state index contributed by atoms with van der Waals surface area (Å²) in [6, 6.07) is 7.95. The lowest BCUT2D eigenvalue weighted by Gasteiger charge is -2.12. The molecule has 1 aliphatic carbocycles. The highest BCUT2D eigenvalue weighted by Gasteiger charge is 2.20. The van der Waals surface area contributed by atoms with E-state index in [-0.39, 0.29) is 0 Å². The van der Waals surface area contributed by atoms with E-state index in [2.05, 4.69) is 27.8 Å². The Labute approximate surface area is 138 Å². The zero-order valence-corrected chi connectivity index (χ0v) is 14.0. The van der Waals surface area contributed by atoms with Crippen molar-refractivity contribution in [3.05, 3.63) is 34.9 Å². The number of guanidine groups is 1. The molecule has 1 saturated carbocycles. The fraction of sp³-hybridized carbons (Fsp3) is 0.588. The van der Waals surface area contributed by atoms with E-state index >= 15 is 0 Å². The summed E-state index contributed by atoms with van der Waals surface area (Å²) in [5.41, 5.74) is 1.26. The molecule has 0 radical (unpaired) electrons. The lowest BCUT2D eigenvalue weighted by atomic mass is 10.1. The summed E-state index contributed by atoms with van der Waals surface area (Å²) in [6.45, 7) is 3.49. The maximum Gasteiger partial charge on any atom is 0.190 e. The number of nitrogens with one attached hydrogen (secondary N) is 2. The SMILES string of the molecule is CN=C(NCCCOCC1CC1)NCCc1ccc(Cl)cc1. The van der Waals surface area contributed by atoms with Gasteiger partial charge in [-0.25, -0.2) is 0 Å². The van der Waals surface area contributed by atoms with Crippen LogP contribution in [0.15, 0.2) is 29.3 Å². The molecule has 0 atom stereocenters. The molecule has 1 aromatic carbocycles. The number of ether oxygens (including phenoxy) is 1. The zero-order valence-electron chi connectivity index (χ0n) is 13.3. The van der Waals surface area contributed by atoms with Crippen molar-refractivity contribution in [2.24, 2.45) is 10.9 Å². The minimum absolute atomic E-state index is 0.776. The second kappa shape index (κ2) is 9.70. The van der Waals surface area contributed by atoms with Crippen LogP contribution in [0.2, 0.25) is 5.02 Å². The van der Waals surface area contributed by atoms with Crippen LogP contribution in [-0.2, 0) is 11.2 Å². The molecule has 0 bridgehead atoms. The first kappa shape index (κ1) is 17.1. The van der Waals surface area contributed by atoms with Crippen molar-refractivity contribution in [2.75, 3.05) is 33.4 Å². The molecular formula is C17H26ClN3O. The molecule has 1 aliphatic rings. The smallest absolute Gasteiger partial charge is 0.190 e. The fourth-order valence-corrected chi connectivity index (χ4v) is 2.24. The van der Waals surface area contributed by atoms with E-state index in [9.17, 15) is 0 Å². The van der Waals surface area contributed by atoms with Crippen LogP contribution < -0.4 is 10.6 Å². The van der Waals surface area contributed by atoms with Crippen LogP contribution in [0.1, 0.15) is 24.8 Å². The van der Waals surface area contributed by atoms with Crippen LogP contribution in [0.25, 0.3) is 0 Å². The molecule has 0 aliphatic heterocycles. The second-order valence-electron chi connectivity index (χ2n) is 5.67. The summed E-state index contributed by atoms with van der Waals surface area (Å²) < 4.78 is 5.61. The fourth-order valence-electron chi connectivity index (χ4n) is 2.11. The Morgan fingerprint density at radius 2 is 1.95 bits per heavy atom. The molecule has 0 heterocycles. The lowest BCUT2D eigenvalue weighted by Crippen LogP contribution is -2.39. The molecule has 0 amide bonds. The van der Waals surface area contributed by atoms with Crippen LogP contribution >= 0.6 is 11.6 Å². The minimum atomic E-state index is 0.776. The molecule has 0 saturated heterocycles. The minimum Gasteiger partial charge on any atom is -0.381 e. The predicted molar refractivity (Wildman–Crippen MR) is 92.7 cm³/mol. The number of aliphatic imine (C=N–C) groups is 1. The van der Waals surface area contributed by atoms with Crippen LogP contribution in [0, 0.1) is 5.92 Å². The molecule has 22 heavy (non-hydrogen) atoms. The van der Waals surface area contributed by atoms with Gasteiger partial charge in [0.15, 0.2) is 5.96 Å². The van der Waals surface area contributed by atoms with Crippen LogP contribution in [-0.4, -0.2) is 39.3 Å². The Kier molecular flexibility index (Phi) is 7.54. The van der Waals surface area contributed by atoms with Crippen LogP contribution in [0.3, 0.4) is 0 Å². The van der Waals surface area contributed by atoms with Gasteiger partial charge in [-0.15, -0.1) is 0 Å². The third kappa shape index (κ3) is 7.14. The topological polar surface area (TPSA) is 45.7 Å². The van der Waals surface area contributed by atoms with E-state index < -0.39 is 0 Å². The van der Waals surface area contributed by atoms with Crippen molar-refractivity contribution in [3.8, 4) is 0 Å². The van der Waals surface area contributed by atoms with E-state index in [1.165, 1.54) is 18.4 Å². The number of benzene rings is 1. The third-order valence-electron chi connectivity index (χ3n) is 3.65. The average molecular weight is 324 g/mol. The van der Waals surface area contributed by atoms with Gasteiger partial charge in [-0.3, -0.25) is 4.99 Å². The molecule has 1 aromatic rings. The first-order valence-corrected chi connectivity index (χ1v) is 8.42. The molecular weight excluding hydrogens is 298 g/mol. The molecule has 0 spiro atoms. The maximum atomic E-state index is 5.88. The molecule has 2 rings (SSSR count). The Balaban J connectivity index is 1.51. The third-order valence-corrected chi connectivity index (χ3v) is 3.90. The Bertz CT molecular complexity index is 457. The molecule has 1 fully saturated rings. The quantitative estimate of drug-likeness (QED) is 0.417. The molecule has 0 aromatic heterocycles. The van der Waals surface area contributed by atoms with Gasteiger partial charge >= 0.3 is 0 Å². The van der Waals surface area contributed by atoms with E-state index in [1.807, 2.05) is 12.1 Å². The predicted octanol–water partition coefficient (Wildman–Crippen LogP) is 2.86. The first-order chi connectivity index (χ1) is 10.8. The van der Waals surface area contributed by atoms with Gasteiger partial charge in [0.2, 0.25) is 0 Å². The Morgan fingerprint density at radius 3 is 2.64 bits per heavy atom. The summed E-state index contributed by atoms with van der Waals surface area (Å²) >= 11 is 5.88. The monoisotopic (exact) mass is 323 g/mol. The number of halogens is 1. The van der Waals surface area contributed by atoms with Crippen molar-refractivity contribution in [1.29, 1.82) is 0 Å². The van der Waals surface area contributed by atoms with Gasteiger partial charge in [0.1, 0.15) is 0 Å². The van der Waals surface area contributed by atoms with Gasteiger partial charge in [0, 0.05) is 38.4 Å². The second-order valence-corrected chi connectivity index (χ2v) is 6.11. The van der Waals surface area contributed by atoms with Crippen molar-refractivity contribution in [1.82, 2.24) is 10.6 Å². The number of hydrogen-bond acceptors (Lipinski definition) is 2. The molecule has 5 heteroatoms. The highest BCUT2D eigenvalue weighted by Crippen LogP contribution is 2.28. The average Bonchev–Trinajstić information content (AvgIpc) is 3.35. The Hall–Kier alpha value is -1.26. The maximum absolute atomic E-state index is 5.88. The zero-order chi connectivity index (χ0) is 15.6. The number of rotatable bonds is 9. The molecule has 122 valence electrons. The number of nitrogens with zero attached hydrogens (tertiary/aromatic N) is 1. The number of hydrogen-bond donors (Lipinski definition) is 2. The summed E-state index contributed by atoms with van der Waals surface area (Å²) in [4.78, 5) is 4.22. The first-order valence-electron chi connectivity index (χ1n) is 8.04. The summed E-state index contributed by atoms with van der Waals surface area (Å²) in [5, 5.41) is 7.40. The van der Waals surface area contributed by atoms with E-state index in [0.29, 0.717) is 0 Å². The van der Waals surface area contributed by atoms with Gasteiger partial charge < -0.3 is 15.4 Å². The van der Waals surface area contributed by atoms with Gasteiger partial charge in [-0.05, 0) is 49.3 Å². The van der Waals surface area contributed by atoms with Gasteiger partial charge in [0.25, 0.3) is 0 Å². The van der Waals surface area contributed by atoms with Gasteiger partial charge in [-0.2, -0.15) is 0 Å². The van der Waals surface area contributed by atoms with Gasteiger partial charge in [0.05, 0.1) is 0 Å². The van der Waals surface area contributed by atoms with Crippen molar-refractivity contribution in [3.63, 3.8) is 0 Å².